The van der Waals surface area contributed by atoms with Crippen LogP contribution >= 0.6 is 0 Å². The molecule has 1 heterocycles. The summed E-state index contributed by atoms with van der Waals surface area (Å²) < 4.78 is 1.98. The minimum atomic E-state index is -1.30. The van der Waals surface area contributed by atoms with E-state index in [1.807, 2.05) is 10.8 Å². The van der Waals surface area contributed by atoms with Gasteiger partial charge in [0.15, 0.2) is 0 Å². The molecule has 11 heteroatoms. The van der Waals surface area contributed by atoms with Gasteiger partial charge in [-0.1, -0.05) is 11.8 Å². The molecule has 198 valence electrons. The van der Waals surface area contributed by atoms with Crippen molar-refractivity contribution in [1.82, 2.24) is 25.7 Å². The number of carbonyl (C=O) groups is 3. The number of anilines is 1. The highest BCUT2D eigenvalue weighted by molar-refractivity contribution is 5.97. The van der Waals surface area contributed by atoms with Crippen molar-refractivity contribution in [2.24, 2.45) is 0 Å². The quantitative estimate of drug-likeness (QED) is 0.0952. The predicted molar refractivity (Wildman–Crippen MR) is 140 cm³/mol. The van der Waals surface area contributed by atoms with E-state index in [1.54, 1.807) is 61.1 Å². The third-order valence-electron chi connectivity index (χ3n) is 5.44. The number of hydrogen-bond donors (Lipinski definition) is 6. The summed E-state index contributed by atoms with van der Waals surface area (Å²) >= 11 is 0. The van der Waals surface area contributed by atoms with Gasteiger partial charge >= 0.3 is 0 Å². The molecule has 3 aromatic rings. The molecule has 0 saturated carbocycles. The minimum absolute atomic E-state index is 0.132. The van der Waals surface area contributed by atoms with Gasteiger partial charge in [-0.05, 0) is 68.4 Å². The van der Waals surface area contributed by atoms with Gasteiger partial charge in [0.05, 0.1) is 19.0 Å². The van der Waals surface area contributed by atoms with Crippen molar-refractivity contribution in [3.05, 3.63) is 83.9 Å². The third kappa shape index (κ3) is 8.86. The highest BCUT2D eigenvalue weighted by Crippen LogP contribution is 2.10. The normalized spacial score (nSPS) is 12.0. The van der Waals surface area contributed by atoms with E-state index in [-0.39, 0.29) is 18.0 Å². The summed E-state index contributed by atoms with van der Waals surface area (Å²) in [6, 6.07) is 12.2. The van der Waals surface area contributed by atoms with Gasteiger partial charge < -0.3 is 25.6 Å². The smallest absolute Gasteiger partial charge is 0.268 e. The number of aromatic nitrogens is 2. The number of nitrogens with zero attached hydrogens (tertiary/aromatic N) is 2. The minimum Gasteiger partial charge on any atom is -0.391 e. The zero-order chi connectivity index (χ0) is 27.3. The maximum atomic E-state index is 12.4. The number of amides is 3. The van der Waals surface area contributed by atoms with E-state index in [9.17, 15) is 19.5 Å². The lowest BCUT2D eigenvalue weighted by Gasteiger charge is -2.19. The van der Waals surface area contributed by atoms with Crippen molar-refractivity contribution >= 4 is 23.4 Å². The molecule has 0 spiro atoms. The summed E-state index contributed by atoms with van der Waals surface area (Å²) in [6.07, 6.45) is 5.09. The van der Waals surface area contributed by atoms with Crippen LogP contribution in [0.2, 0.25) is 0 Å². The van der Waals surface area contributed by atoms with E-state index >= 15 is 0 Å². The molecule has 6 N–H and O–H groups in total. The van der Waals surface area contributed by atoms with E-state index in [2.05, 4.69) is 32.8 Å². The maximum Gasteiger partial charge on any atom is 0.268 e. The Morgan fingerprint density at radius 2 is 1.68 bits per heavy atom. The molecule has 0 fully saturated rings. The van der Waals surface area contributed by atoms with Gasteiger partial charge in [-0.3, -0.25) is 19.6 Å². The number of benzene rings is 2. The van der Waals surface area contributed by atoms with Crippen molar-refractivity contribution in [2.45, 2.75) is 32.0 Å². The van der Waals surface area contributed by atoms with E-state index in [1.165, 1.54) is 12.4 Å². The maximum absolute atomic E-state index is 12.4. The Hall–Kier alpha value is -4.50. The molecule has 2 aromatic carbocycles. The van der Waals surface area contributed by atoms with Crippen LogP contribution in [0.5, 0.6) is 0 Å². The molecule has 3 rings (SSSR count). The SMILES string of the molecule is C[C@@H](O)[C@H](NC(=O)c1ccc(C#Cc2ccc(NC(=O)CNCCCn3ccnc3)cc2)cc1)C(=O)NO. The van der Waals surface area contributed by atoms with Crippen LogP contribution in [0.3, 0.4) is 0 Å². The summed E-state index contributed by atoms with van der Waals surface area (Å²) in [5, 5.41) is 26.7. The zero-order valence-electron chi connectivity index (χ0n) is 20.8. The van der Waals surface area contributed by atoms with Gasteiger partial charge in [-0.15, -0.1) is 0 Å². The molecule has 0 unspecified atom stereocenters. The number of hydroxylamine groups is 1. The number of aryl methyl sites for hydroxylation is 1. The highest BCUT2D eigenvalue weighted by Gasteiger charge is 2.25. The van der Waals surface area contributed by atoms with Crippen LogP contribution in [-0.2, 0) is 16.1 Å². The molecule has 1 aromatic heterocycles. The van der Waals surface area contributed by atoms with Crippen LogP contribution in [-0.4, -0.2) is 62.8 Å². The Labute approximate surface area is 220 Å². The lowest BCUT2D eigenvalue weighted by molar-refractivity contribution is -0.133. The van der Waals surface area contributed by atoms with Gasteiger partial charge in [0.1, 0.15) is 6.04 Å². The van der Waals surface area contributed by atoms with Gasteiger partial charge in [0.25, 0.3) is 11.8 Å². The molecule has 0 aliphatic rings. The van der Waals surface area contributed by atoms with Crippen LogP contribution in [0.15, 0.2) is 67.3 Å². The topological polar surface area (TPSA) is 158 Å². The molecule has 0 aliphatic heterocycles. The van der Waals surface area contributed by atoms with Crippen LogP contribution in [0.1, 0.15) is 34.8 Å². The van der Waals surface area contributed by atoms with E-state index in [4.69, 9.17) is 5.21 Å². The first kappa shape index (κ1) is 28.1. The number of aliphatic hydroxyl groups is 1. The fraction of sp³-hybridized carbons (Fsp3) is 0.259. The number of aliphatic hydroxyl groups excluding tert-OH is 1. The fourth-order valence-corrected chi connectivity index (χ4v) is 3.40. The van der Waals surface area contributed by atoms with Crippen molar-refractivity contribution in [3.8, 4) is 11.8 Å². The first-order chi connectivity index (χ1) is 18.4. The number of nitrogens with one attached hydrogen (secondary N) is 4. The van der Waals surface area contributed by atoms with E-state index in [0.29, 0.717) is 11.3 Å². The van der Waals surface area contributed by atoms with Crippen molar-refractivity contribution in [3.63, 3.8) is 0 Å². The summed E-state index contributed by atoms with van der Waals surface area (Å²) in [5.74, 6) is 4.39. The lowest BCUT2D eigenvalue weighted by Crippen LogP contribution is -2.51. The first-order valence-corrected chi connectivity index (χ1v) is 12.0. The van der Waals surface area contributed by atoms with Crippen LogP contribution in [0, 0.1) is 11.8 Å². The van der Waals surface area contributed by atoms with Gasteiger partial charge in [-0.25, -0.2) is 10.5 Å². The van der Waals surface area contributed by atoms with Crippen LogP contribution in [0.25, 0.3) is 0 Å². The Bertz CT molecular complexity index is 1260. The number of carbonyl (C=O) groups excluding carboxylic acids is 3. The molecule has 38 heavy (non-hydrogen) atoms. The second-order valence-electron chi connectivity index (χ2n) is 8.45. The Kier molecular flexibility index (Phi) is 10.6. The molecule has 0 radical (unpaired) electrons. The van der Waals surface area contributed by atoms with Crippen LogP contribution in [0.4, 0.5) is 5.69 Å². The Balaban J connectivity index is 1.45. The number of imidazole rings is 1. The molecule has 0 aliphatic carbocycles. The summed E-state index contributed by atoms with van der Waals surface area (Å²) in [6.45, 7) is 3.10. The fourth-order valence-electron chi connectivity index (χ4n) is 3.40. The van der Waals surface area contributed by atoms with Gasteiger partial charge in [0.2, 0.25) is 5.91 Å². The van der Waals surface area contributed by atoms with E-state index < -0.39 is 24.0 Å². The largest absolute Gasteiger partial charge is 0.391 e. The number of rotatable bonds is 11. The molecule has 11 nitrogen and oxygen atoms in total. The predicted octanol–water partition coefficient (Wildman–Crippen LogP) is 0.886. The van der Waals surface area contributed by atoms with E-state index in [0.717, 1.165) is 25.1 Å². The van der Waals surface area contributed by atoms with Crippen molar-refractivity contribution in [1.29, 1.82) is 0 Å². The molecule has 0 saturated heterocycles. The molecule has 2 atom stereocenters. The summed E-state index contributed by atoms with van der Waals surface area (Å²) in [5.41, 5.74) is 3.76. The highest BCUT2D eigenvalue weighted by atomic mass is 16.5. The molecular formula is C27H30N6O5. The average molecular weight is 519 g/mol. The Morgan fingerprint density at radius 1 is 1.03 bits per heavy atom. The zero-order valence-corrected chi connectivity index (χ0v) is 20.8. The van der Waals surface area contributed by atoms with Gasteiger partial charge in [-0.2, -0.15) is 0 Å². The number of hydrogen-bond acceptors (Lipinski definition) is 7. The van der Waals surface area contributed by atoms with Crippen molar-refractivity contribution in [2.75, 3.05) is 18.4 Å². The average Bonchev–Trinajstić information content (AvgIpc) is 3.44. The van der Waals surface area contributed by atoms with Crippen LogP contribution < -0.4 is 21.4 Å². The third-order valence-corrected chi connectivity index (χ3v) is 5.44. The second kappa shape index (κ2) is 14.3. The molecular weight excluding hydrogens is 488 g/mol. The lowest BCUT2D eigenvalue weighted by atomic mass is 10.1. The monoisotopic (exact) mass is 518 g/mol. The standard InChI is InChI=1S/C27H30N6O5/c1-19(34)25(27(37)32-38)31-26(36)22-9-5-20(6-10-22)3-4-21-7-11-23(12-8-21)30-24(35)17-28-13-2-15-33-16-14-29-18-33/h5-12,14,16,18-19,25,28,34,38H,2,13,15,17H2,1H3,(H,30,35)(H,31,36)(H,32,37)/t19-,25+/m1/s1. The van der Waals surface area contributed by atoms with Crippen molar-refractivity contribution < 1.29 is 24.7 Å². The summed E-state index contributed by atoms with van der Waals surface area (Å²) in [4.78, 5) is 40.1. The molecule has 0 bridgehead atoms. The first-order valence-electron chi connectivity index (χ1n) is 12.0. The van der Waals surface area contributed by atoms with Gasteiger partial charge in [0, 0.05) is 41.3 Å². The molecule has 3 amide bonds. The summed E-state index contributed by atoms with van der Waals surface area (Å²) in [7, 11) is 0. The second-order valence-corrected chi connectivity index (χ2v) is 8.45. The Morgan fingerprint density at radius 3 is 2.26 bits per heavy atom.